The molecule has 8 nitrogen and oxygen atoms in total. The summed E-state index contributed by atoms with van der Waals surface area (Å²) in [6.45, 7) is 6.27. The number of nitrogens with zero attached hydrogens (tertiary/aromatic N) is 5. The fraction of sp³-hybridized carbons (Fsp3) is 0.647. The average molecular weight is 345 g/mol. The van der Waals surface area contributed by atoms with E-state index in [1.165, 1.54) is 0 Å². The molecule has 2 aliphatic heterocycles. The smallest absolute Gasteiger partial charge is 0.258 e. The molecule has 0 aromatic carbocycles. The molecule has 2 aliphatic rings. The van der Waals surface area contributed by atoms with Gasteiger partial charge in [0.25, 0.3) is 5.91 Å². The zero-order chi connectivity index (χ0) is 17.4. The molecular weight excluding hydrogens is 322 g/mol. The van der Waals surface area contributed by atoms with Gasteiger partial charge in [0.1, 0.15) is 6.04 Å². The second-order valence-corrected chi connectivity index (χ2v) is 6.91. The van der Waals surface area contributed by atoms with Crippen molar-refractivity contribution in [2.75, 3.05) is 19.8 Å². The van der Waals surface area contributed by atoms with Crippen LogP contribution in [0.3, 0.4) is 0 Å². The van der Waals surface area contributed by atoms with Crippen molar-refractivity contribution in [3.8, 4) is 0 Å². The number of aromatic nitrogens is 4. The number of ether oxygens (including phenoxy) is 1. The molecule has 25 heavy (non-hydrogen) atoms. The van der Waals surface area contributed by atoms with Crippen molar-refractivity contribution < 1.29 is 13.9 Å². The van der Waals surface area contributed by atoms with E-state index in [-0.39, 0.29) is 17.9 Å². The first-order valence-corrected chi connectivity index (χ1v) is 8.92. The maximum atomic E-state index is 13.2. The summed E-state index contributed by atoms with van der Waals surface area (Å²) in [5.41, 5.74) is 1.73. The summed E-state index contributed by atoms with van der Waals surface area (Å²) in [5.74, 6) is 1.15. The third-order valence-corrected chi connectivity index (χ3v) is 4.84. The summed E-state index contributed by atoms with van der Waals surface area (Å²) < 4.78 is 13.3. The van der Waals surface area contributed by atoms with Gasteiger partial charge in [-0.25, -0.2) is 0 Å². The van der Waals surface area contributed by atoms with Gasteiger partial charge < -0.3 is 14.1 Å². The number of hydrogen-bond donors (Lipinski definition) is 0. The Morgan fingerprint density at radius 2 is 2.16 bits per heavy atom. The number of rotatable bonds is 3. The molecule has 2 aromatic rings. The molecule has 1 unspecified atom stereocenters. The van der Waals surface area contributed by atoms with Crippen LogP contribution in [0, 0.1) is 0 Å². The van der Waals surface area contributed by atoms with E-state index < -0.39 is 0 Å². The van der Waals surface area contributed by atoms with E-state index in [0.717, 1.165) is 31.5 Å². The van der Waals surface area contributed by atoms with Crippen molar-refractivity contribution in [3.05, 3.63) is 29.2 Å². The maximum Gasteiger partial charge on any atom is 0.258 e. The summed E-state index contributed by atoms with van der Waals surface area (Å²) in [4.78, 5) is 15.0. The molecule has 1 atom stereocenters. The van der Waals surface area contributed by atoms with Gasteiger partial charge in [0.15, 0.2) is 0 Å². The Kier molecular flexibility index (Phi) is 4.29. The van der Waals surface area contributed by atoms with Crippen molar-refractivity contribution in [1.82, 2.24) is 24.9 Å². The van der Waals surface area contributed by atoms with Crippen molar-refractivity contribution in [2.45, 2.75) is 51.6 Å². The Bertz CT molecular complexity index is 766. The van der Waals surface area contributed by atoms with E-state index in [1.54, 1.807) is 11.1 Å². The second-order valence-electron chi connectivity index (χ2n) is 6.91. The minimum atomic E-state index is -0.347. The molecule has 0 radical (unpaired) electrons. The largest absolute Gasteiger partial charge is 0.423 e. The van der Waals surface area contributed by atoms with Gasteiger partial charge in [-0.2, -0.15) is 5.10 Å². The van der Waals surface area contributed by atoms with Gasteiger partial charge in [0, 0.05) is 19.0 Å². The van der Waals surface area contributed by atoms with Crippen LogP contribution in [0.1, 0.15) is 66.5 Å². The van der Waals surface area contributed by atoms with E-state index in [9.17, 15) is 4.79 Å². The minimum Gasteiger partial charge on any atom is -0.423 e. The van der Waals surface area contributed by atoms with Gasteiger partial charge in [-0.1, -0.05) is 13.8 Å². The maximum absolute atomic E-state index is 13.2. The first-order valence-electron chi connectivity index (χ1n) is 8.92. The van der Waals surface area contributed by atoms with Crippen molar-refractivity contribution in [3.63, 3.8) is 0 Å². The highest BCUT2D eigenvalue weighted by atomic mass is 16.5. The summed E-state index contributed by atoms with van der Waals surface area (Å²) in [6.07, 6.45) is 4.80. The predicted molar refractivity (Wildman–Crippen MR) is 88.1 cm³/mol. The predicted octanol–water partition coefficient (Wildman–Crippen LogP) is 1.94. The van der Waals surface area contributed by atoms with Crippen LogP contribution in [0.5, 0.6) is 0 Å². The summed E-state index contributed by atoms with van der Waals surface area (Å²) in [6, 6.07) is -0.347. The number of aryl methyl sites for hydroxylation is 1. The summed E-state index contributed by atoms with van der Waals surface area (Å²) in [5, 5.41) is 12.6. The van der Waals surface area contributed by atoms with Crippen LogP contribution in [0.25, 0.3) is 0 Å². The summed E-state index contributed by atoms with van der Waals surface area (Å²) >= 11 is 0. The first-order chi connectivity index (χ1) is 12.1. The van der Waals surface area contributed by atoms with Gasteiger partial charge in [-0.15, -0.1) is 10.2 Å². The first kappa shape index (κ1) is 16.3. The number of morpholine rings is 1. The Morgan fingerprint density at radius 1 is 1.28 bits per heavy atom. The lowest BCUT2D eigenvalue weighted by Gasteiger charge is -2.33. The van der Waals surface area contributed by atoms with E-state index >= 15 is 0 Å². The van der Waals surface area contributed by atoms with E-state index in [2.05, 4.69) is 15.3 Å². The van der Waals surface area contributed by atoms with Crippen molar-refractivity contribution in [1.29, 1.82) is 0 Å². The molecule has 1 fully saturated rings. The van der Waals surface area contributed by atoms with Crippen LogP contribution in [0.15, 0.2) is 10.6 Å². The molecule has 4 rings (SSSR count). The van der Waals surface area contributed by atoms with Crippen LogP contribution in [-0.4, -0.2) is 50.5 Å². The van der Waals surface area contributed by atoms with E-state index in [1.807, 2.05) is 18.5 Å². The Balaban J connectivity index is 1.62. The lowest BCUT2D eigenvalue weighted by atomic mass is 10.1. The lowest BCUT2D eigenvalue weighted by molar-refractivity contribution is -0.0108. The van der Waals surface area contributed by atoms with Crippen LogP contribution >= 0.6 is 0 Å². The van der Waals surface area contributed by atoms with Gasteiger partial charge in [0.05, 0.1) is 30.7 Å². The third-order valence-electron chi connectivity index (χ3n) is 4.84. The molecule has 0 N–H and O–H groups in total. The molecule has 1 amide bonds. The van der Waals surface area contributed by atoms with Gasteiger partial charge in [0.2, 0.25) is 11.8 Å². The topological polar surface area (TPSA) is 86.3 Å². The normalized spacial score (nSPS) is 20.8. The number of fused-ring (bicyclic) bond motifs is 1. The van der Waals surface area contributed by atoms with Gasteiger partial charge >= 0.3 is 0 Å². The average Bonchev–Trinajstić information content (AvgIpc) is 3.28. The number of hydrogen-bond acceptors (Lipinski definition) is 6. The fourth-order valence-corrected chi connectivity index (χ4v) is 3.42. The van der Waals surface area contributed by atoms with Crippen molar-refractivity contribution >= 4 is 5.91 Å². The lowest BCUT2D eigenvalue weighted by Crippen LogP contribution is -2.43. The second kappa shape index (κ2) is 6.59. The summed E-state index contributed by atoms with van der Waals surface area (Å²) in [7, 11) is 0. The Labute approximate surface area is 146 Å². The van der Waals surface area contributed by atoms with Crippen molar-refractivity contribution in [2.24, 2.45) is 0 Å². The van der Waals surface area contributed by atoms with E-state index in [4.69, 9.17) is 9.15 Å². The Hall–Kier alpha value is -2.22. The molecule has 1 saturated heterocycles. The van der Waals surface area contributed by atoms with Crippen LogP contribution in [-0.2, 0) is 17.7 Å². The highest BCUT2D eigenvalue weighted by Gasteiger charge is 2.35. The van der Waals surface area contributed by atoms with Gasteiger partial charge in [-0.3, -0.25) is 9.48 Å². The molecule has 4 heterocycles. The standard InChI is InChI=1S/C17H23N5O3/c1-11(2)15-19-20-16(25-15)14-10-24-8-7-21(14)17(23)12-9-18-22-6-4-3-5-13(12)22/h9,11,14H,3-8,10H2,1-2H3. The molecule has 8 heteroatoms. The van der Waals surface area contributed by atoms with Crippen LogP contribution in [0.2, 0.25) is 0 Å². The molecule has 0 saturated carbocycles. The zero-order valence-corrected chi connectivity index (χ0v) is 14.6. The number of amides is 1. The third kappa shape index (κ3) is 2.95. The van der Waals surface area contributed by atoms with E-state index in [0.29, 0.717) is 37.1 Å². The molecule has 0 aliphatic carbocycles. The highest BCUT2D eigenvalue weighted by Crippen LogP contribution is 2.28. The molecular formula is C17H23N5O3. The number of carbonyl (C=O) groups is 1. The highest BCUT2D eigenvalue weighted by molar-refractivity contribution is 5.95. The number of carbonyl (C=O) groups excluding carboxylic acids is 1. The van der Waals surface area contributed by atoms with Crippen LogP contribution in [0.4, 0.5) is 0 Å². The molecule has 0 spiro atoms. The zero-order valence-electron chi connectivity index (χ0n) is 14.6. The SMILES string of the molecule is CC(C)c1nnc(C2COCCN2C(=O)c2cnn3c2CCCC3)o1. The van der Waals surface area contributed by atoms with Crippen LogP contribution < -0.4 is 0 Å². The molecule has 2 aromatic heterocycles. The quantitative estimate of drug-likeness (QED) is 0.845. The van der Waals surface area contributed by atoms with Gasteiger partial charge in [-0.05, 0) is 19.3 Å². The monoisotopic (exact) mass is 345 g/mol. The minimum absolute atomic E-state index is 0.0271. The Morgan fingerprint density at radius 3 is 2.96 bits per heavy atom. The fourth-order valence-electron chi connectivity index (χ4n) is 3.42. The molecule has 0 bridgehead atoms. The molecule has 134 valence electrons.